The smallest absolute Gasteiger partial charge is 0.244 e. The molecule has 6 heteroatoms. The van der Waals surface area contributed by atoms with Crippen LogP contribution in [0.1, 0.15) is 26.7 Å². The van der Waals surface area contributed by atoms with Crippen molar-refractivity contribution in [1.29, 1.82) is 0 Å². The molecule has 0 saturated carbocycles. The lowest BCUT2D eigenvalue weighted by atomic mass is 9.82. The topological polar surface area (TPSA) is 92.5 Å². The van der Waals surface area contributed by atoms with Crippen LogP contribution in [0, 0.1) is 5.41 Å². The van der Waals surface area contributed by atoms with E-state index in [1.807, 2.05) is 13.8 Å². The van der Waals surface area contributed by atoms with Crippen molar-refractivity contribution in [2.75, 3.05) is 17.6 Å². The number of carbonyl (C=O) groups excluding carboxylic acids is 3. The Balaban J connectivity index is 1.98. The van der Waals surface area contributed by atoms with Gasteiger partial charge in [-0.3, -0.25) is 19.3 Å². The summed E-state index contributed by atoms with van der Waals surface area (Å²) in [6.45, 7) is 3.49. The molecule has 1 heterocycles. The number of rotatable bonds is 3. The summed E-state index contributed by atoms with van der Waals surface area (Å²) in [6.07, 6.45) is 0.543. The third kappa shape index (κ3) is 3.81. The van der Waals surface area contributed by atoms with Gasteiger partial charge in [0.05, 0.1) is 0 Å². The molecule has 112 valence electrons. The Kier molecular flexibility index (Phi) is 3.97. The number of nitrogen functional groups attached to an aromatic ring is 1. The van der Waals surface area contributed by atoms with Crippen molar-refractivity contribution in [2.45, 2.75) is 26.7 Å². The quantitative estimate of drug-likeness (QED) is 0.649. The van der Waals surface area contributed by atoms with Crippen LogP contribution < -0.4 is 11.1 Å². The first-order valence-corrected chi connectivity index (χ1v) is 6.75. The zero-order valence-corrected chi connectivity index (χ0v) is 12.2. The molecule has 0 atom stereocenters. The van der Waals surface area contributed by atoms with E-state index in [4.69, 9.17) is 5.73 Å². The second-order valence-electron chi connectivity index (χ2n) is 6.06. The molecule has 0 aromatic heterocycles. The Morgan fingerprint density at radius 3 is 2.24 bits per heavy atom. The summed E-state index contributed by atoms with van der Waals surface area (Å²) in [4.78, 5) is 36.9. The largest absolute Gasteiger partial charge is 0.399 e. The lowest BCUT2D eigenvalue weighted by molar-refractivity contribution is -0.154. The van der Waals surface area contributed by atoms with Gasteiger partial charge in [-0.15, -0.1) is 0 Å². The second-order valence-corrected chi connectivity index (χ2v) is 6.06. The van der Waals surface area contributed by atoms with Crippen LogP contribution in [0.25, 0.3) is 0 Å². The molecule has 6 nitrogen and oxygen atoms in total. The van der Waals surface area contributed by atoms with E-state index in [2.05, 4.69) is 5.32 Å². The van der Waals surface area contributed by atoms with E-state index in [0.717, 1.165) is 4.90 Å². The monoisotopic (exact) mass is 289 g/mol. The number of hydrogen-bond acceptors (Lipinski definition) is 4. The van der Waals surface area contributed by atoms with Gasteiger partial charge in [-0.25, -0.2) is 0 Å². The Morgan fingerprint density at radius 2 is 1.71 bits per heavy atom. The molecule has 3 N–H and O–H groups in total. The summed E-state index contributed by atoms with van der Waals surface area (Å²) in [5.74, 6) is -1.01. The molecule has 1 saturated heterocycles. The predicted octanol–water partition coefficient (Wildman–Crippen LogP) is 1.38. The molecule has 2 rings (SSSR count). The maximum atomic E-state index is 12.0. The average molecular weight is 289 g/mol. The van der Waals surface area contributed by atoms with Crippen LogP contribution in [0.4, 0.5) is 11.4 Å². The third-order valence-electron chi connectivity index (χ3n) is 3.36. The number of nitrogens with zero attached hydrogens (tertiary/aromatic N) is 1. The van der Waals surface area contributed by atoms with Gasteiger partial charge in [-0.2, -0.15) is 0 Å². The second kappa shape index (κ2) is 5.55. The summed E-state index contributed by atoms with van der Waals surface area (Å²) < 4.78 is 0. The van der Waals surface area contributed by atoms with Crippen LogP contribution in [0.2, 0.25) is 0 Å². The van der Waals surface area contributed by atoms with Crippen molar-refractivity contribution in [2.24, 2.45) is 5.41 Å². The van der Waals surface area contributed by atoms with Gasteiger partial charge in [0.25, 0.3) is 0 Å². The summed E-state index contributed by atoms with van der Waals surface area (Å²) in [7, 11) is 0. The number of anilines is 2. The standard InChI is InChI=1S/C15H19N3O3/c1-15(2)7-13(20)18(14(21)8-15)9-12(19)17-11-5-3-10(16)4-6-11/h3-6H,7-9,16H2,1-2H3,(H,17,19). The molecule has 0 bridgehead atoms. The average Bonchev–Trinajstić information content (AvgIpc) is 2.36. The molecule has 1 fully saturated rings. The number of amides is 3. The number of imide groups is 1. The highest BCUT2D eigenvalue weighted by molar-refractivity contribution is 6.03. The molecular formula is C15H19N3O3. The molecule has 1 aromatic carbocycles. The van der Waals surface area contributed by atoms with Gasteiger partial charge in [0.2, 0.25) is 17.7 Å². The SMILES string of the molecule is CC1(C)CC(=O)N(CC(=O)Nc2ccc(N)cc2)C(=O)C1. The summed E-state index contributed by atoms with van der Waals surface area (Å²) in [5, 5.41) is 2.64. The van der Waals surface area contributed by atoms with Gasteiger partial charge < -0.3 is 11.1 Å². The molecule has 1 aliphatic rings. The van der Waals surface area contributed by atoms with E-state index in [9.17, 15) is 14.4 Å². The Labute approximate surface area is 123 Å². The Hall–Kier alpha value is -2.37. The minimum absolute atomic E-state index is 0.252. The fourth-order valence-corrected chi connectivity index (χ4v) is 2.30. The molecule has 0 unspecified atom stereocenters. The van der Waals surface area contributed by atoms with E-state index in [0.29, 0.717) is 11.4 Å². The molecule has 0 spiro atoms. The number of nitrogens with two attached hydrogens (primary N) is 1. The molecule has 3 amide bonds. The lowest BCUT2D eigenvalue weighted by Crippen LogP contribution is -2.49. The van der Waals surface area contributed by atoms with Crippen LogP contribution in [0.3, 0.4) is 0 Å². The number of piperidine rings is 1. The normalized spacial score (nSPS) is 17.7. The molecule has 0 radical (unpaired) electrons. The van der Waals surface area contributed by atoms with Crippen LogP contribution in [-0.4, -0.2) is 29.2 Å². The van der Waals surface area contributed by atoms with E-state index >= 15 is 0 Å². The third-order valence-corrected chi connectivity index (χ3v) is 3.36. The zero-order valence-electron chi connectivity index (χ0n) is 12.2. The van der Waals surface area contributed by atoms with Gasteiger partial charge in [0.1, 0.15) is 6.54 Å². The number of nitrogens with one attached hydrogen (secondary N) is 1. The minimum Gasteiger partial charge on any atom is -0.399 e. The fourth-order valence-electron chi connectivity index (χ4n) is 2.30. The summed E-state index contributed by atoms with van der Waals surface area (Å²) >= 11 is 0. The first kappa shape index (κ1) is 15.0. The van der Waals surface area contributed by atoms with E-state index < -0.39 is 5.91 Å². The van der Waals surface area contributed by atoms with E-state index in [-0.39, 0.29) is 36.6 Å². The van der Waals surface area contributed by atoms with Gasteiger partial charge in [0, 0.05) is 24.2 Å². The van der Waals surface area contributed by atoms with E-state index in [1.165, 1.54) is 0 Å². The van der Waals surface area contributed by atoms with Gasteiger partial charge in [-0.1, -0.05) is 13.8 Å². The summed E-state index contributed by atoms with van der Waals surface area (Å²) in [5.41, 5.74) is 6.39. The number of benzene rings is 1. The highest BCUT2D eigenvalue weighted by atomic mass is 16.2. The predicted molar refractivity (Wildman–Crippen MR) is 79.2 cm³/mol. The Bertz CT molecular complexity index is 558. The van der Waals surface area contributed by atoms with Crippen molar-refractivity contribution in [3.8, 4) is 0 Å². The maximum Gasteiger partial charge on any atom is 0.244 e. The van der Waals surface area contributed by atoms with Crippen LogP contribution in [0.5, 0.6) is 0 Å². The van der Waals surface area contributed by atoms with Crippen LogP contribution in [-0.2, 0) is 14.4 Å². The lowest BCUT2D eigenvalue weighted by Gasteiger charge is -2.34. The number of likely N-dealkylation sites (tertiary alicyclic amines) is 1. The van der Waals surface area contributed by atoms with Crippen molar-refractivity contribution in [1.82, 2.24) is 4.90 Å². The maximum absolute atomic E-state index is 12.0. The first-order valence-electron chi connectivity index (χ1n) is 6.75. The molecule has 21 heavy (non-hydrogen) atoms. The van der Waals surface area contributed by atoms with Crippen molar-refractivity contribution in [3.05, 3.63) is 24.3 Å². The first-order chi connectivity index (χ1) is 9.77. The highest BCUT2D eigenvalue weighted by Gasteiger charge is 2.38. The molecule has 1 aromatic rings. The van der Waals surface area contributed by atoms with E-state index in [1.54, 1.807) is 24.3 Å². The minimum atomic E-state index is -0.402. The Morgan fingerprint density at radius 1 is 1.19 bits per heavy atom. The molecular weight excluding hydrogens is 270 g/mol. The fraction of sp³-hybridized carbons (Fsp3) is 0.400. The zero-order chi connectivity index (χ0) is 15.6. The van der Waals surface area contributed by atoms with Crippen molar-refractivity contribution < 1.29 is 14.4 Å². The van der Waals surface area contributed by atoms with Gasteiger partial charge in [-0.05, 0) is 29.7 Å². The molecule has 1 aliphatic heterocycles. The van der Waals surface area contributed by atoms with Crippen molar-refractivity contribution >= 4 is 29.1 Å². The number of carbonyl (C=O) groups is 3. The van der Waals surface area contributed by atoms with Crippen molar-refractivity contribution in [3.63, 3.8) is 0 Å². The van der Waals surface area contributed by atoms with Gasteiger partial charge >= 0.3 is 0 Å². The van der Waals surface area contributed by atoms with Crippen LogP contribution >= 0.6 is 0 Å². The number of hydrogen-bond donors (Lipinski definition) is 2. The highest BCUT2D eigenvalue weighted by Crippen LogP contribution is 2.31. The van der Waals surface area contributed by atoms with Gasteiger partial charge in [0.15, 0.2) is 0 Å². The summed E-state index contributed by atoms with van der Waals surface area (Å²) in [6, 6.07) is 6.65. The van der Waals surface area contributed by atoms with Crippen LogP contribution in [0.15, 0.2) is 24.3 Å². The molecule has 0 aliphatic carbocycles.